The van der Waals surface area contributed by atoms with E-state index in [2.05, 4.69) is 0 Å². The average Bonchev–Trinajstić information content (AvgIpc) is 2.37. The molecule has 0 aliphatic rings. The molecule has 0 radical (unpaired) electrons. The molecule has 0 aliphatic carbocycles. The maximum absolute atomic E-state index is 11.4. The molecule has 0 bridgehead atoms. The van der Waals surface area contributed by atoms with Crippen LogP contribution in [0.1, 0.15) is 12.5 Å². The number of ether oxygens (including phenoxy) is 2. The molecule has 0 aromatic heterocycles. The van der Waals surface area contributed by atoms with E-state index >= 15 is 0 Å². The number of hydrogen-bond acceptors (Lipinski definition) is 4. The van der Waals surface area contributed by atoms with Crippen LogP contribution in [0.2, 0.25) is 0 Å². The number of carbonyl (C=O) groups is 1. The van der Waals surface area contributed by atoms with Crippen molar-refractivity contribution >= 4 is 5.97 Å². The Balaban J connectivity index is 2.67. The standard InChI is InChI=1S/C13H15NO3/c1-3-17-13(15)11(9-14)8-10-4-6-12(16-2)7-5-10/h4-7,11H,3,8H2,1-2H3. The zero-order valence-electron chi connectivity index (χ0n) is 9.97. The molecule has 0 fully saturated rings. The first kappa shape index (κ1) is 13.0. The molecule has 4 nitrogen and oxygen atoms in total. The van der Waals surface area contributed by atoms with Gasteiger partial charge in [0.2, 0.25) is 0 Å². The summed E-state index contributed by atoms with van der Waals surface area (Å²) in [5.74, 6) is -0.465. The maximum atomic E-state index is 11.4. The number of carbonyl (C=O) groups excluding carboxylic acids is 1. The third-order valence-electron chi connectivity index (χ3n) is 2.33. The molecule has 1 atom stereocenters. The third-order valence-corrected chi connectivity index (χ3v) is 2.33. The van der Waals surface area contributed by atoms with Crippen molar-refractivity contribution in [3.8, 4) is 11.8 Å². The van der Waals surface area contributed by atoms with Crippen LogP contribution in [-0.2, 0) is 16.0 Å². The Bertz CT molecular complexity index is 406. The molecule has 0 amide bonds. The topological polar surface area (TPSA) is 59.3 Å². The van der Waals surface area contributed by atoms with E-state index < -0.39 is 11.9 Å². The van der Waals surface area contributed by atoms with Crippen LogP contribution in [0.25, 0.3) is 0 Å². The Kier molecular flexibility index (Phi) is 5.02. The van der Waals surface area contributed by atoms with Gasteiger partial charge in [0, 0.05) is 0 Å². The third kappa shape index (κ3) is 3.80. The summed E-state index contributed by atoms with van der Waals surface area (Å²) in [6, 6.07) is 9.23. The number of hydrogen-bond donors (Lipinski definition) is 0. The molecule has 4 heteroatoms. The highest BCUT2D eigenvalue weighted by molar-refractivity contribution is 5.75. The first-order valence-corrected chi connectivity index (χ1v) is 5.40. The van der Waals surface area contributed by atoms with Crippen molar-refractivity contribution in [1.82, 2.24) is 0 Å². The number of esters is 1. The van der Waals surface area contributed by atoms with Crippen LogP contribution in [-0.4, -0.2) is 19.7 Å². The minimum absolute atomic E-state index is 0.291. The lowest BCUT2D eigenvalue weighted by Gasteiger charge is -2.08. The van der Waals surface area contributed by atoms with Crippen molar-refractivity contribution in [3.63, 3.8) is 0 Å². The van der Waals surface area contributed by atoms with Crippen LogP contribution in [0, 0.1) is 17.2 Å². The van der Waals surface area contributed by atoms with Gasteiger partial charge in [-0.05, 0) is 31.0 Å². The Morgan fingerprint density at radius 1 is 1.41 bits per heavy atom. The molecule has 0 saturated carbocycles. The first-order valence-electron chi connectivity index (χ1n) is 5.40. The van der Waals surface area contributed by atoms with Crippen molar-refractivity contribution in [2.75, 3.05) is 13.7 Å². The van der Waals surface area contributed by atoms with E-state index in [9.17, 15) is 4.79 Å². The highest BCUT2D eigenvalue weighted by Gasteiger charge is 2.19. The minimum Gasteiger partial charge on any atom is -0.497 e. The summed E-state index contributed by atoms with van der Waals surface area (Å²) in [7, 11) is 1.59. The number of benzene rings is 1. The fraction of sp³-hybridized carbons (Fsp3) is 0.385. The number of rotatable bonds is 5. The van der Waals surface area contributed by atoms with Crippen LogP contribution < -0.4 is 4.74 Å². The van der Waals surface area contributed by atoms with E-state index in [0.29, 0.717) is 13.0 Å². The van der Waals surface area contributed by atoms with Crippen molar-refractivity contribution in [2.45, 2.75) is 13.3 Å². The van der Waals surface area contributed by atoms with Crippen molar-refractivity contribution in [3.05, 3.63) is 29.8 Å². The normalized spacial score (nSPS) is 11.4. The van der Waals surface area contributed by atoms with Crippen molar-refractivity contribution < 1.29 is 14.3 Å². The van der Waals surface area contributed by atoms with Crippen LogP contribution in [0.3, 0.4) is 0 Å². The lowest BCUT2D eigenvalue weighted by Crippen LogP contribution is -2.18. The molecule has 1 unspecified atom stereocenters. The van der Waals surface area contributed by atoms with Gasteiger partial charge < -0.3 is 9.47 Å². The van der Waals surface area contributed by atoms with E-state index in [0.717, 1.165) is 11.3 Å². The summed E-state index contributed by atoms with van der Waals surface area (Å²) < 4.78 is 9.86. The van der Waals surface area contributed by atoms with E-state index in [-0.39, 0.29) is 0 Å². The second-order valence-corrected chi connectivity index (χ2v) is 3.49. The highest BCUT2D eigenvalue weighted by Crippen LogP contribution is 2.15. The number of nitrogens with zero attached hydrogens (tertiary/aromatic N) is 1. The molecule has 1 aromatic rings. The van der Waals surface area contributed by atoms with Gasteiger partial charge in [-0.1, -0.05) is 12.1 Å². The zero-order chi connectivity index (χ0) is 12.7. The highest BCUT2D eigenvalue weighted by atomic mass is 16.5. The van der Waals surface area contributed by atoms with E-state index in [1.807, 2.05) is 18.2 Å². The Morgan fingerprint density at radius 3 is 2.53 bits per heavy atom. The lowest BCUT2D eigenvalue weighted by molar-refractivity contribution is -0.145. The van der Waals surface area contributed by atoms with E-state index in [1.165, 1.54) is 0 Å². The van der Waals surface area contributed by atoms with Gasteiger partial charge in [-0.25, -0.2) is 0 Å². The molecule has 0 spiro atoms. The summed E-state index contributed by atoms with van der Waals surface area (Å²) in [6.45, 7) is 2.01. The summed E-state index contributed by atoms with van der Waals surface area (Å²) >= 11 is 0. The van der Waals surface area contributed by atoms with Gasteiger partial charge >= 0.3 is 5.97 Å². The summed E-state index contributed by atoms with van der Waals surface area (Å²) in [4.78, 5) is 11.4. The molecule has 1 aromatic carbocycles. The predicted octanol–water partition coefficient (Wildman–Crippen LogP) is 1.94. The lowest BCUT2D eigenvalue weighted by atomic mass is 10.0. The SMILES string of the molecule is CCOC(=O)C(C#N)Cc1ccc(OC)cc1. The maximum Gasteiger partial charge on any atom is 0.323 e. The second kappa shape index (κ2) is 6.54. The number of nitriles is 1. The summed E-state index contributed by atoms with van der Waals surface area (Å²) in [6.07, 6.45) is 0.360. The van der Waals surface area contributed by atoms with Crippen LogP contribution in [0.5, 0.6) is 5.75 Å². The summed E-state index contributed by atoms with van der Waals surface area (Å²) in [5, 5.41) is 8.91. The molecule has 17 heavy (non-hydrogen) atoms. The summed E-state index contributed by atoms with van der Waals surface area (Å²) in [5.41, 5.74) is 0.908. The monoisotopic (exact) mass is 233 g/mol. The van der Waals surface area contributed by atoms with E-state index in [1.54, 1.807) is 26.2 Å². The second-order valence-electron chi connectivity index (χ2n) is 3.49. The Morgan fingerprint density at radius 2 is 2.06 bits per heavy atom. The zero-order valence-corrected chi connectivity index (χ0v) is 9.97. The fourth-order valence-electron chi connectivity index (χ4n) is 1.42. The van der Waals surface area contributed by atoms with Gasteiger partial charge in [0.05, 0.1) is 19.8 Å². The molecule has 1 rings (SSSR count). The molecule has 0 N–H and O–H groups in total. The minimum atomic E-state index is -0.747. The number of methoxy groups -OCH3 is 1. The van der Waals surface area contributed by atoms with Gasteiger partial charge in [-0.2, -0.15) is 5.26 Å². The van der Waals surface area contributed by atoms with Crippen LogP contribution in [0.4, 0.5) is 0 Å². The Hall–Kier alpha value is -2.02. The van der Waals surface area contributed by atoms with Gasteiger partial charge in [0.25, 0.3) is 0 Å². The van der Waals surface area contributed by atoms with Gasteiger partial charge in [0.15, 0.2) is 0 Å². The molecule has 0 aliphatic heterocycles. The molecular weight excluding hydrogens is 218 g/mol. The first-order chi connectivity index (χ1) is 8.21. The molecule has 0 heterocycles. The average molecular weight is 233 g/mol. The molecule has 90 valence electrons. The van der Waals surface area contributed by atoms with E-state index in [4.69, 9.17) is 14.7 Å². The van der Waals surface area contributed by atoms with Crippen molar-refractivity contribution in [2.24, 2.45) is 5.92 Å². The quantitative estimate of drug-likeness (QED) is 0.729. The van der Waals surface area contributed by atoms with Gasteiger partial charge in [-0.3, -0.25) is 4.79 Å². The van der Waals surface area contributed by atoms with Gasteiger partial charge in [0.1, 0.15) is 11.7 Å². The smallest absolute Gasteiger partial charge is 0.323 e. The Labute approximate surface area is 101 Å². The predicted molar refractivity (Wildman–Crippen MR) is 62.4 cm³/mol. The van der Waals surface area contributed by atoms with Crippen molar-refractivity contribution in [1.29, 1.82) is 5.26 Å². The van der Waals surface area contributed by atoms with Gasteiger partial charge in [-0.15, -0.1) is 0 Å². The molecular formula is C13H15NO3. The fourth-order valence-corrected chi connectivity index (χ4v) is 1.42. The van der Waals surface area contributed by atoms with Crippen LogP contribution >= 0.6 is 0 Å². The largest absolute Gasteiger partial charge is 0.497 e. The van der Waals surface area contributed by atoms with Crippen LogP contribution in [0.15, 0.2) is 24.3 Å². The molecule has 0 saturated heterocycles.